The van der Waals surface area contributed by atoms with Gasteiger partial charge in [0.2, 0.25) is 5.91 Å². The molecule has 0 saturated carbocycles. The maximum absolute atomic E-state index is 12.3. The highest BCUT2D eigenvalue weighted by Crippen LogP contribution is 2.22. The Hall–Kier alpha value is -2.02. The van der Waals surface area contributed by atoms with Crippen LogP contribution in [-0.2, 0) is 14.3 Å². The smallest absolute Gasteiger partial charge is 0.308 e. The summed E-state index contributed by atoms with van der Waals surface area (Å²) in [6.07, 6.45) is 5.09. The molecule has 122 valence electrons. The molecule has 1 fully saturated rings. The van der Waals surface area contributed by atoms with E-state index in [1.807, 2.05) is 33.7 Å². The maximum Gasteiger partial charge on any atom is 0.308 e. The van der Waals surface area contributed by atoms with E-state index in [1.54, 1.807) is 6.20 Å². The van der Waals surface area contributed by atoms with Gasteiger partial charge in [-0.05, 0) is 25.0 Å². The van der Waals surface area contributed by atoms with E-state index in [9.17, 15) is 9.59 Å². The van der Waals surface area contributed by atoms with Gasteiger partial charge in [-0.15, -0.1) is 0 Å². The van der Waals surface area contributed by atoms with Crippen LogP contribution in [0.4, 0.5) is 0 Å². The van der Waals surface area contributed by atoms with Crippen molar-refractivity contribution >= 4 is 29.2 Å². The lowest BCUT2D eigenvalue weighted by Crippen LogP contribution is -2.41. The molecule has 3 heterocycles. The Balaban J connectivity index is 1.53. The molecular weight excluding hydrogens is 314 g/mol. The van der Waals surface area contributed by atoms with Gasteiger partial charge in [0.25, 0.3) is 0 Å². The van der Waals surface area contributed by atoms with E-state index >= 15 is 0 Å². The van der Waals surface area contributed by atoms with E-state index in [0.717, 1.165) is 10.7 Å². The van der Waals surface area contributed by atoms with Crippen LogP contribution in [0, 0.1) is 5.92 Å². The molecule has 3 rings (SSSR count). The Morgan fingerprint density at radius 3 is 2.87 bits per heavy atom. The summed E-state index contributed by atoms with van der Waals surface area (Å²) in [6, 6.07) is 5.89. The standard InChI is InChI=1S/C16H19N3O3S/c1-22-15(21)12-5-8-18(9-6-12)14(20)11-23-16-17-10-13-4-2-3-7-19(13)16/h2-4,7,10,12H,5-6,8-9,11H2,1H3. The lowest BCUT2D eigenvalue weighted by atomic mass is 9.97. The molecule has 1 saturated heterocycles. The lowest BCUT2D eigenvalue weighted by molar-refractivity contribution is -0.148. The molecule has 0 radical (unpaired) electrons. The highest BCUT2D eigenvalue weighted by Gasteiger charge is 2.27. The molecule has 6 nitrogen and oxygen atoms in total. The van der Waals surface area contributed by atoms with Crippen LogP contribution in [0.2, 0.25) is 0 Å². The van der Waals surface area contributed by atoms with Gasteiger partial charge in [-0.1, -0.05) is 17.8 Å². The number of hydrogen-bond donors (Lipinski definition) is 0. The van der Waals surface area contributed by atoms with E-state index in [0.29, 0.717) is 31.7 Å². The molecule has 1 aliphatic rings. The van der Waals surface area contributed by atoms with E-state index < -0.39 is 0 Å². The number of nitrogens with zero attached hydrogens (tertiary/aromatic N) is 3. The second kappa shape index (κ2) is 7.04. The average Bonchev–Trinajstić information content (AvgIpc) is 3.02. The molecule has 0 unspecified atom stereocenters. The summed E-state index contributed by atoms with van der Waals surface area (Å²) in [5.41, 5.74) is 1.02. The van der Waals surface area contributed by atoms with Gasteiger partial charge in [0.1, 0.15) is 0 Å². The zero-order valence-corrected chi connectivity index (χ0v) is 13.8. The first-order valence-corrected chi connectivity index (χ1v) is 8.58. The van der Waals surface area contributed by atoms with Crippen molar-refractivity contribution in [2.45, 2.75) is 18.0 Å². The van der Waals surface area contributed by atoms with Crippen molar-refractivity contribution in [3.63, 3.8) is 0 Å². The molecule has 2 aromatic heterocycles. The number of aromatic nitrogens is 2. The number of ether oxygens (including phenoxy) is 1. The first kappa shape index (κ1) is 15.9. The summed E-state index contributed by atoms with van der Waals surface area (Å²) in [6.45, 7) is 1.23. The number of fused-ring (bicyclic) bond motifs is 1. The van der Waals surface area contributed by atoms with Gasteiger partial charge in [0.05, 0.1) is 30.5 Å². The Kier molecular flexibility index (Phi) is 4.85. The van der Waals surface area contributed by atoms with E-state index in [1.165, 1.54) is 18.9 Å². The van der Waals surface area contributed by atoms with Gasteiger partial charge in [-0.3, -0.25) is 14.0 Å². The number of rotatable bonds is 4. The largest absolute Gasteiger partial charge is 0.469 e. The minimum absolute atomic E-state index is 0.0760. The summed E-state index contributed by atoms with van der Waals surface area (Å²) >= 11 is 1.44. The van der Waals surface area contributed by atoms with Crippen LogP contribution in [0.5, 0.6) is 0 Å². The Bertz CT molecular complexity index is 707. The zero-order valence-electron chi connectivity index (χ0n) is 13.0. The third-order valence-corrected chi connectivity index (χ3v) is 5.06. The fourth-order valence-corrected chi connectivity index (χ4v) is 3.64. The van der Waals surface area contributed by atoms with Crippen LogP contribution in [-0.4, -0.2) is 52.1 Å². The molecular formula is C16H19N3O3S. The molecule has 0 N–H and O–H groups in total. The topological polar surface area (TPSA) is 63.9 Å². The summed E-state index contributed by atoms with van der Waals surface area (Å²) in [5.74, 6) is 0.200. The van der Waals surface area contributed by atoms with Gasteiger partial charge in [0, 0.05) is 19.3 Å². The van der Waals surface area contributed by atoms with Gasteiger partial charge in [-0.25, -0.2) is 4.98 Å². The molecule has 2 aromatic rings. The van der Waals surface area contributed by atoms with E-state index in [4.69, 9.17) is 4.74 Å². The average molecular weight is 333 g/mol. The first-order valence-electron chi connectivity index (χ1n) is 7.59. The number of carbonyl (C=O) groups excluding carboxylic acids is 2. The summed E-state index contributed by atoms with van der Waals surface area (Å²) < 4.78 is 6.74. The minimum atomic E-state index is -0.171. The molecule has 0 aromatic carbocycles. The van der Waals surface area contributed by atoms with Crippen LogP contribution in [0.3, 0.4) is 0 Å². The number of amides is 1. The van der Waals surface area contributed by atoms with Crippen molar-refractivity contribution in [1.82, 2.24) is 14.3 Å². The third kappa shape index (κ3) is 3.50. The molecule has 7 heteroatoms. The van der Waals surface area contributed by atoms with Crippen LogP contribution < -0.4 is 0 Å². The SMILES string of the molecule is COC(=O)C1CCN(C(=O)CSc2ncc3ccccn23)CC1. The van der Waals surface area contributed by atoms with Crippen LogP contribution >= 0.6 is 11.8 Å². The molecule has 0 aliphatic carbocycles. The lowest BCUT2D eigenvalue weighted by Gasteiger charge is -2.30. The van der Waals surface area contributed by atoms with E-state index in [2.05, 4.69) is 4.98 Å². The Morgan fingerprint density at radius 1 is 1.35 bits per heavy atom. The number of methoxy groups -OCH3 is 1. The van der Waals surface area contributed by atoms with Crippen LogP contribution in [0.15, 0.2) is 35.7 Å². The number of hydrogen-bond acceptors (Lipinski definition) is 5. The summed E-state index contributed by atoms with van der Waals surface area (Å²) in [5, 5.41) is 0.818. The maximum atomic E-state index is 12.3. The van der Waals surface area contributed by atoms with Crippen molar-refractivity contribution < 1.29 is 14.3 Å². The van der Waals surface area contributed by atoms with Crippen LogP contribution in [0.1, 0.15) is 12.8 Å². The molecule has 1 amide bonds. The highest BCUT2D eigenvalue weighted by atomic mass is 32.2. The zero-order chi connectivity index (χ0) is 16.2. The van der Waals surface area contributed by atoms with Gasteiger partial charge in [-0.2, -0.15) is 0 Å². The van der Waals surface area contributed by atoms with Crippen molar-refractivity contribution in [3.8, 4) is 0 Å². The number of likely N-dealkylation sites (tertiary alicyclic amines) is 1. The summed E-state index contributed by atoms with van der Waals surface area (Å²) in [7, 11) is 1.41. The normalized spacial score (nSPS) is 15.8. The van der Waals surface area contributed by atoms with Gasteiger partial charge < -0.3 is 9.64 Å². The number of imidazole rings is 1. The molecule has 1 aliphatic heterocycles. The van der Waals surface area contributed by atoms with Gasteiger partial charge >= 0.3 is 5.97 Å². The number of esters is 1. The predicted octanol–water partition coefficient (Wildman–Crippen LogP) is 1.84. The fourth-order valence-electron chi connectivity index (χ4n) is 2.77. The number of piperidine rings is 1. The minimum Gasteiger partial charge on any atom is -0.469 e. The van der Waals surface area contributed by atoms with Crippen molar-refractivity contribution in [2.24, 2.45) is 5.92 Å². The molecule has 0 spiro atoms. The molecule has 0 bridgehead atoms. The number of carbonyl (C=O) groups is 2. The number of pyridine rings is 1. The van der Waals surface area contributed by atoms with Crippen molar-refractivity contribution in [2.75, 3.05) is 26.0 Å². The van der Waals surface area contributed by atoms with Gasteiger partial charge in [0.15, 0.2) is 5.16 Å². The van der Waals surface area contributed by atoms with Crippen molar-refractivity contribution in [3.05, 3.63) is 30.6 Å². The Morgan fingerprint density at radius 2 is 2.13 bits per heavy atom. The number of thioether (sulfide) groups is 1. The second-order valence-electron chi connectivity index (χ2n) is 5.50. The molecule has 0 atom stereocenters. The van der Waals surface area contributed by atoms with E-state index in [-0.39, 0.29) is 17.8 Å². The molecule has 23 heavy (non-hydrogen) atoms. The monoisotopic (exact) mass is 333 g/mol. The van der Waals surface area contributed by atoms with Crippen LogP contribution in [0.25, 0.3) is 5.52 Å². The summed E-state index contributed by atoms with van der Waals surface area (Å²) in [4.78, 5) is 30.0. The Labute approximate surface area is 138 Å². The van der Waals surface area contributed by atoms with Crippen molar-refractivity contribution in [1.29, 1.82) is 0 Å². The second-order valence-corrected chi connectivity index (χ2v) is 6.45. The quantitative estimate of drug-likeness (QED) is 0.631. The highest BCUT2D eigenvalue weighted by molar-refractivity contribution is 7.99. The predicted molar refractivity (Wildman–Crippen MR) is 87.2 cm³/mol. The first-order chi connectivity index (χ1) is 11.2. The third-order valence-electron chi connectivity index (χ3n) is 4.11. The fraction of sp³-hybridized carbons (Fsp3) is 0.438.